The molecule has 0 spiro atoms. The Hall–Kier alpha value is -3.70. The molecule has 0 radical (unpaired) electrons. The lowest BCUT2D eigenvalue weighted by Gasteiger charge is -2.36. The van der Waals surface area contributed by atoms with E-state index in [4.69, 9.17) is 9.72 Å². The minimum Gasteiger partial charge on any atom is -0.375 e. The number of hydrogen-bond acceptors (Lipinski definition) is 10. The average Bonchev–Trinajstić information content (AvgIpc) is 3.26. The van der Waals surface area contributed by atoms with E-state index in [1.54, 1.807) is 18.6 Å². The first-order valence-corrected chi connectivity index (χ1v) is 11.3. The van der Waals surface area contributed by atoms with Crippen LogP contribution in [0.25, 0.3) is 21.6 Å². The molecule has 1 amide bonds. The first-order valence-electron chi connectivity index (χ1n) is 10.5. The van der Waals surface area contributed by atoms with Gasteiger partial charge in [-0.2, -0.15) is 0 Å². The number of carbonyl (C=O) groups is 1. The van der Waals surface area contributed by atoms with Gasteiger partial charge >= 0.3 is 0 Å². The van der Waals surface area contributed by atoms with Gasteiger partial charge in [-0.25, -0.2) is 24.9 Å². The maximum absolute atomic E-state index is 12.0. The summed E-state index contributed by atoms with van der Waals surface area (Å²) < 4.78 is 4.96. The molecule has 4 aromatic heterocycles. The molecule has 0 aliphatic carbocycles. The normalized spacial score (nSPS) is 14.0. The number of ether oxygens (including phenoxy) is 1. The smallest absolute Gasteiger partial charge is 0.248 e. The van der Waals surface area contributed by atoms with Crippen LogP contribution in [0.5, 0.6) is 0 Å². The van der Waals surface area contributed by atoms with Crippen molar-refractivity contribution >= 4 is 44.2 Å². The Balaban J connectivity index is 1.28. The molecule has 1 saturated heterocycles. The molecule has 0 atom stereocenters. The molecule has 4 aromatic rings. The summed E-state index contributed by atoms with van der Waals surface area (Å²) >= 11 is 1.47. The Morgan fingerprint density at radius 3 is 2.73 bits per heavy atom. The number of amides is 1. The van der Waals surface area contributed by atoms with Gasteiger partial charge in [-0.3, -0.25) is 4.79 Å². The number of thiazole rings is 1. The largest absolute Gasteiger partial charge is 0.375 e. The van der Waals surface area contributed by atoms with Crippen molar-refractivity contribution in [2.75, 3.05) is 50.1 Å². The number of hydrogen-bond donors (Lipinski definition) is 1. The van der Waals surface area contributed by atoms with E-state index in [1.165, 1.54) is 24.8 Å². The van der Waals surface area contributed by atoms with Gasteiger partial charge in [0, 0.05) is 69.2 Å². The molecule has 1 aliphatic heterocycles. The van der Waals surface area contributed by atoms with Crippen LogP contribution in [0.1, 0.15) is 0 Å². The number of aromatic nitrogens is 5. The zero-order valence-corrected chi connectivity index (χ0v) is 18.8. The van der Waals surface area contributed by atoms with Crippen LogP contribution in [0, 0.1) is 0 Å². The molecule has 168 valence electrons. The molecule has 10 nitrogen and oxygen atoms in total. The third kappa shape index (κ3) is 4.73. The number of fused-ring (bicyclic) bond motifs is 1. The Morgan fingerprint density at radius 1 is 1.12 bits per heavy atom. The summed E-state index contributed by atoms with van der Waals surface area (Å²) in [6, 6.07) is 7.84. The number of nitrogens with zero attached hydrogens (tertiary/aromatic N) is 7. The van der Waals surface area contributed by atoms with Crippen LogP contribution >= 0.6 is 11.3 Å². The van der Waals surface area contributed by atoms with E-state index in [0.29, 0.717) is 18.9 Å². The fourth-order valence-electron chi connectivity index (χ4n) is 3.69. The molecule has 0 unspecified atom stereocenters. The van der Waals surface area contributed by atoms with Crippen molar-refractivity contribution in [1.29, 1.82) is 0 Å². The lowest BCUT2D eigenvalue weighted by molar-refractivity contribution is -0.135. The second-order valence-corrected chi connectivity index (χ2v) is 8.47. The molecule has 33 heavy (non-hydrogen) atoms. The highest BCUT2D eigenvalue weighted by Gasteiger charge is 2.21. The standard InChI is InChI=1S/C22H22N8O2S/c1-32-13-20(31)30-8-6-29(7-9-30)16-4-5-25-19(10-16)28-22-27-18-3-2-17(26-21(18)33-22)15-11-23-14-24-12-15/h2-5,10-12,14H,6-9,13H2,1H3,(H,25,27,28). The quantitative estimate of drug-likeness (QED) is 0.462. The van der Waals surface area contributed by atoms with E-state index >= 15 is 0 Å². The molecule has 0 saturated carbocycles. The van der Waals surface area contributed by atoms with Gasteiger partial charge < -0.3 is 19.9 Å². The van der Waals surface area contributed by atoms with E-state index in [0.717, 1.165) is 45.5 Å². The van der Waals surface area contributed by atoms with Gasteiger partial charge in [0.05, 0.1) is 5.69 Å². The Labute approximate surface area is 194 Å². The Bertz CT molecular complexity index is 1260. The van der Waals surface area contributed by atoms with Gasteiger partial charge in [0.15, 0.2) is 5.13 Å². The van der Waals surface area contributed by atoms with E-state index in [-0.39, 0.29) is 12.5 Å². The predicted molar refractivity (Wildman–Crippen MR) is 127 cm³/mol. The number of piperazine rings is 1. The molecule has 0 aromatic carbocycles. The molecular weight excluding hydrogens is 440 g/mol. The summed E-state index contributed by atoms with van der Waals surface area (Å²) in [5.41, 5.74) is 3.54. The minimum absolute atomic E-state index is 0.0293. The highest BCUT2D eigenvalue weighted by atomic mass is 32.1. The topological polar surface area (TPSA) is 109 Å². The highest BCUT2D eigenvalue weighted by Crippen LogP contribution is 2.29. The summed E-state index contributed by atoms with van der Waals surface area (Å²) in [7, 11) is 1.54. The SMILES string of the molecule is COCC(=O)N1CCN(c2ccnc(Nc3nc4ccc(-c5cncnc5)nc4s3)c2)CC1. The van der Waals surface area contributed by atoms with Crippen LogP contribution in [-0.4, -0.2) is 75.6 Å². The van der Waals surface area contributed by atoms with Gasteiger partial charge in [0.25, 0.3) is 0 Å². The van der Waals surface area contributed by atoms with Crippen LogP contribution in [-0.2, 0) is 9.53 Å². The fourth-order valence-corrected chi connectivity index (χ4v) is 4.53. The third-order valence-electron chi connectivity index (χ3n) is 5.36. The Morgan fingerprint density at radius 2 is 1.94 bits per heavy atom. The number of carbonyl (C=O) groups excluding carboxylic acids is 1. The van der Waals surface area contributed by atoms with Gasteiger partial charge in [0.2, 0.25) is 5.91 Å². The van der Waals surface area contributed by atoms with Crippen LogP contribution in [0.3, 0.4) is 0 Å². The second kappa shape index (κ2) is 9.43. The van der Waals surface area contributed by atoms with Gasteiger partial charge in [-0.15, -0.1) is 0 Å². The molecular formula is C22H22N8O2S. The maximum Gasteiger partial charge on any atom is 0.248 e. The third-order valence-corrected chi connectivity index (χ3v) is 6.24. The van der Waals surface area contributed by atoms with Crippen molar-refractivity contribution in [3.8, 4) is 11.3 Å². The zero-order chi connectivity index (χ0) is 22.6. The summed E-state index contributed by atoms with van der Waals surface area (Å²) in [6.07, 6.45) is 6.76. The van der Waals surface area contributed by atoms with E-state index in [1.807, 2.05) is 29.2 Å². The lowest BCUT2D eigenvalue weighted by atomic mass is 10.2. The summed E-state index contributed by atoms with van der Waals surface area (Å²) in [4.78, 5) is 38.8. The number of anilines is 3. The fraction of sp³-hybridized carbons (Fsp3) is 0.273. The number of rotatable bonds is 6. The van der Waals surface area contributed by atoms with Crippen molar-refractivity contribution in [2.24, 2.45) is 0 Å². The maximum atomic E-state index is 12.0. The van der Waals surface area contributed by atoms with Gasteiger partial charge in [-0.1, -0.05) is 11.3 Å². The number of pyridine rings is 2. The van der Waals surface area contributed by atoms with Crippen molar-refractivity contribution in [2.45, 2.75) is 0 Å². The number of nitrogens with one attached hydrogen (secondary N) is 1. The summed E-state index contributed by atoms with van der Waals surface area (Å²) in [5.74, 6) is 0.739. The highest BCUT2D eigenvalue weighted by molar-refractivity contribution is 7.21. The predicted octanol–water partition coefficient (Wildman–Crippen LogP) is 2.58. The number of methoxy groups -OCH3 is 1. The van der Waals surface area contributed by atoms with Crippen LogP contribution < -0.4 is 10.2 Å². The van der Waals surface area contributed by atoms with Crippen LogP contribution in [0.15, 0.2) is 49.2 Å². The average molecular weight is 463 g/mol. The molecule has 1 aliphatic rings. The summed E-state index contributed by atoms with van der Waals surface area (Å²) in [5, 5.41) is 4.02. The molecule has 5 rings (SSSR count). The van der Waals surface area contributed by atoms with Crippen LogP contribution in [0.4, 0.5) is 16.6 Å². The molecule has 11 heteroatoms. The van der Waals surface area contributed by atoms with Gasteiger partial charge in [0.1, 0.15) is 29.1 Å². The minimum atomic E-state index is 0.0293. The van der Waals surface area contributed by atoms with Crippen molar-refractivity contribution in [3.63, 3.8) is 0 Å². The second-order valence-electron chi connectivity index (χ2n) is 7.49. The van der Waals surface area contributed by atoms with Crippen LogP contribution in [0.2, 0.25) is 0 Å². The Kier molecular flexibility index (Phi) is 6.05. The lowest BCUT2D eigenvalue weighted by Crippen LogP contribution is -2.49. The molecule has 0 bridgehead atoms. The van der Waals surface area contributed by atoms with Gasteiger partial charge in [-0.05, 0) is 18.2 Å². The van der Waals surface area contributed by atoms with Crippen molar-refractivity contribution in [1.82, 2.24) is 29.8 Å². The molecule has 1 fully saturated rings. The first kappa shape index (κ1) is 21.2. The van der Waals surface area contributed by atoms with E-state index in [2.05, 4.69) is 30.2 Å². The van der Waals surface area contributed by atoms with Crippen molar-refractivity contribution < 1.29 is 9.53 Å². The first-order chi connectivity index (χ1) is 16.2. The van der Waals surface area contributed by atoms with E-state index in [9.17, 15) is 4.79 Å². The summed E-state index contributed by atoms with van der Waals surface area (Å²) in [6.45, 7) is 2.99. The zero-order valence-electron chi connectivity index (χ0n) is 18.0. The molecule has 1 N–H and O–H groups in total. The van der Waals surface area contributed by atoms with Crippen molar-refractivity contribution in [3.05, 3.63) is 49.2 Å². The van der Waals surface area contributed by atoms with E-state index < -0.39 is 0 Å². The molecule has 5 heterocycles. The monoisotopic (exact) mass is 462 g/mol.